The Hall–Kier alpha value is -1.01. The van der Waals surface area contributed by atoms with Crippen molar-refractivity contribution < 1.29 is 8.42 Å². The predicted octanol–water partition coefficient (Wildman–Crippen LogP) is 0.957. The molecule has 1 aliphatic heterocycles. The van der Waals surface area contributed by atoms with Gasteiger partial charge in [0.25, 0.3) is 10.0 Å². The highest BCUT2D eigenvalue weighted by atomic mass is 32.2. The van der Waals surface area contributed by atoms with Crippen molar-refractivity contribution in [3.8, 4) is 0 Å². The van der Waals surface area contributed by atoms with Gasteiger partial charge >= 0.3 is 0 Å². The monoisotopic (exact) mass is 242 g/mol. The SMILES string of the molecule is CSc1cccc2c1C(N)=NS(=O)(=O)C2. The van der Waals surface area contributed by atoms with Gasteiger partial charge in [0, 0.05) is 10.5 Å². The lowest BCUT2D eigenvalue weighted by Gasteiger charge is -2.16. The van der Waals surface area contributed by atoms with E-state index in [1.165, 1.54) is 11.8 Å². The van der Waals surface area contributed by atoms with E-state index in [9.17, 15) is 8.42 Å². The van der Waals surface area contributed by atoms with E-state index < -0.39 is 10.0 Å². The molecular weight excluding hydrogens is 232 g/mol. The summed E-state index contributed by atoms with van der Waals surface area (Å²) < 4.78 is 26.2. The molecule has 0 radical (unpaired) electrons. The Morgan fingerprint density at radius 2 is 2.20 bits per heavy atom. The van der Waals surface area contributed by atoms with E-state index >= 15 is 0 Å². The summed E-state index contributed by atoms with van der Waals surface area (Å²) in [5.41, 5.74) is 7.15. The fraction of sp³-hybridized carbons (Fsp3) is 0.222. The molecular formula is C9H10N2O2S2. The number of amidine groups is 1. The number of hydrogen-bond acceptors (Lipinski definition) is 4. The molecule has 0 spiro atoms. The summed E-state index contributed by atoms with van der Waals surface area (Å²) in [5.74, 6) is 0.0402. The second-order valence-corrected chi connectivity index (χ2v) is 5.68. The Labute approximate surface area is 92.6 Å². The number of sulfonamides is 1. The molecule has 80 valence electrons. The van der Waals surface area contributed by atoms with E-state index in [0.717, 1.165) is 16.0 Å². The van der Waals surface area contributed by atoms with E-state index in [2.05, 4.69) is 4.40 Å². The van der Waals surface area contributed by atoms with Gasteiger partial charge in [-0.15, -0.1) is 16.2 Å². The number of fused-ring (bicyclic) bond motifs is 1. The van der Waals surface area contributed by atoms with Crippen LogP contribution in [0.3, 0.4) is 0 Å². The van der Waals surface area contributed by atoms with Gasteiger partial charge in [-0.05, 0) is 17.9 Å². The highest BCUT2D eigenvalue weighted by Gasteiger charge is 2.23. The zero-order chi connectivity index (χ0) is 11.1. The molecule has 1 heterocycles. The van der Waals surface area contributed by atoms with Crippen LogP contribution in [-0.4, -0.2) is 20.5 Å². The Morgan fingerprint density at radius 1 is 1.47 bits per heavy atom. The molecule has 0 aliphatic carbocycles. The molecule has 0 amide bonds. The van der Waals surface area contributed by atoms with E-state index in [0.29, 0.717) is 0 Å². The fourth-order valence-electron chi connectivity index (χ4n) is 1.58. The Kier molecular flexibility index (Phi) is 2.47. The third kappa shape index (κ3) is 1.87. The first-order valence-corrected chi connectivity index (χ1v) is 7.11. The van der Waals surface area contributed by atoms with Gasteiger partial charge in [-0.3, -0.25) is 0 Å². The number of thioether (sulfide) groups is 1. The maximum absolute atomic E-state index is 11.3. The Morgan fingerprint density at radius 3 is 2.87 bits per heavy atom. The molecule has 1 aliphatic rings. The Bertz CT molecular complexity index is 535. The van der Waals surface area contributed by atoms with Crippen LogP contribution in [0.1, 0.15) is 11.1 Å². The summed E-state index contributed by atoms with van der Waals surface area (Å²) in [6.07, 6.45) is 1.92. The second-order valence-electron chi connectivity index (χ2n) is 3.20. The van der Waals surface area contributed by atoms with Crippen LogP contribution in [0.4, 0.5) is 0 Å². The standard InChI is InChI=1S/C9H10N2O2S2/c1-14-7-4-2-3-6-5-15(12,13)11-9(10)8(6)7/h2-4H,5H2,1H3,(H2,10,11). The maximum Gasteiger partial charge on any atom is 0.259 e. The Balaban J connectivity index is 2.70. The van der Waals surface area contributed by atoms with Crippen LogP contribution in [0.15, 0.2) is 27.5 Å². The molecule has 1 aromatic rings. The third-order valence-corrected chi connectivity index (χ3v) is 4.09. The lowest BCUT2D eigenvalue weighted by molar-refractivity contribution is 0.596. The molecule has 2 N–H and O–H groups in total. The molecule has 0 aromatic heterocycles. The number of benzene rings is 1. The van der Waals surface area contributed by atoms with Crippen LogP contribution in [0.25, 0.3) is 0 Å². The first kappa shape index (κ1) is 10.5. The summed E-state index contributed by atoms with van der Waals surface area (Å²) in [6.45, 7) is 0. The summed E-state index contributed by atoms with van der Waals surface area (Å²) >= 11 is 1.53. The first-order chi connectivity index (χ1) is 7.03. The molecule has 0 fully saturated rings. The third-order valence-electron chi connectivity index (χ3n) is 2.16. The van der Waals surface area contributed by atoms with Crippen LogP contribution >= 0.6 is 11.8 Å². The minimum absolute atomic E-state index is 0.0581. The molecule has 0 unspecified atom stereocenters. The van der Waals surface area contributed by atoms with Gasteiger partial charge in [0.05, 0.1) is 5.75 Å². The number of nitrogens with zero attached hydrogens (tertiary/aromatic N) is 1. The maximum atomic E-state index is 11.3. The van der Waals surface area contributed by atoms with Gasteiger partial charge in [-0.25, -0.2) is 8.42 Å². The lowest BCUT2D eigenvalue weighted by Crippen LogP contribution is -2.24. The van der Waals surface area contributed by atoms with Crippen LogP contribution < -0.4 is 5.73 Å². The zero-order valence-corrected chi connectivity index (χ0v) is 9.73. The lowest BCUT2D eigenvalue weighted by atomic mass is 10.1. The van der Waals surface area contributed by atoms with Gasteiger partial charge in [0.2, 0.25) is 0 Å². The summed E-state index contributed by atoms with van der Waals surface area (Å²) in [4.78, 5) is 0.962. The predicted molar refractivity (Wildman–Crippen MR) is 61.6 cm³/mol. The van der Waals surface area contributed by atoms with Crippen molar-refractivity contribution in [3.05, 3.63) is 29.3 Å². The van der Waals surface area contributed by atoms with Crippen LogP contribution in [0.5, 0.6) is 0 Å². The van der Waals surface area contributed by atoms with Gasteiger partial charge in [0.1, 0.15) is 5.84 Å². The largest absolute Gasteiger partial charge is 0.382 e. The number of hydrogen-bond donors (Lipinski definition) is 1. The number of nitrogens with two attached hydrogens (primary N) is 1. The molecule has 0 saturated carbocycles. The second kappa shape index (κ2) is 3.53. The molecule has 4 nitrogen and oxygen atoms in total. The minimum atomic E-state index is -3.42. The van der Waals surface area contributed by atoms with Crippen LogP contribution in [0.2, 0.25) is 0 Å². The molecule has 0 saturated heterocycles. The number of rotatable bonds is 1. The summed E-state index contributed by atoms with van der Waals surface area (Å²) in [5, 5.41) is 0. The molecule has 0 bridgehead atoms. The summed E-state index contributed by atoms with van der Waals surface area (Å²) in [6, 6.07) is 5.51. The van der Waals surface area contributed by atoms with E-state index in [1.54, 1.807) is 6.07 Å². The van der Waals surface area contributed by atoms with Gasteiger partial charge < -0.3 is 5.73 Å². The van der Waals surface area contributed by atoms with Crippen molar-refractivity contribution in [3.63, 3.8) is 0 Å². The highest BCUT2D eigenvalue weighted by molar-refractivity contribution is 7.98. The van der Waals surface area contributed by atoms with Gasteiger partial charge in [-0.2, -0.15) is 0 Å². The van der Waals surface area contributed by atoms with E-state index in [1.807, 2.05) is 18.4 Å². The smallest absolute Gasteiger partial charge is 0.259 e. The minimum Gasteiger partial charge on any atom is -0.382 e. The van der Waals surface area contributed by atoms with Crippen molar-refractivity contribution in [1.29, 1.82) is 0 Å². The highest BCUT2D eigenvalue weighted by Crippen LogP contribution is 2.28. The van der Waals surface area contributed by atoms with Crippen molar-refractivity contribution >= 4 is 27.6 Å². The average Bonchev–Trinajstić information content (AvgIpc) is 2.14. The molecule has 2 rings (SSSR count). The topological polar surface area (TPSA) is 72.5 Å². The normalized spacial score (nSPS) is 18.1. The average molecular weight is 242 g/mol. The molecule has 6 heteroatoms. The molecule has 15 heavy (non-hydrogen) atoms. The van der Waals surface area contributed by atoms with E-state index in [-0.39, 0.29) is 11.6 Å². The van der Waals surface area contributed by atoms with E-state index in [4.69, 9.17) is 5.73 Å². The van der Waals surface area contributed by atoms with Crippen molar-refractivity contribution in [2.24, 2.45) is 10.1 Å². The zero-order valence-electron chi connectivity index (χ0n) is 8.10. The van der Waals surface area contributed by atoms with Crippen molar-refractivity contribution in [2.45, 2.75) is 10.6 Å². The molecule has 0 atom stereocenters. The first-order valence-electron chi connectivity index (χ1n) is 4.28. The van der Waals surface area contributed by atoms with Crippen LogP contribution in [-0.2, 0) is 15.8 Å². The molecule has 1 aromatic carbocycles. The summed E-state index contributed by atoms with van der Waals surface area (Å²) in [7, 11) is -3.42. The van der Waals surface area contributed by atoms with Crippen molar-refractivity contribution in [1.82, 2.24) is 0 Å². The van der Waals surface area contributed by atoms with Crippen LogP contribution in [0, 0.1) is 0 Å². The van der Waals surface area contributed by atoms with Gasteiger partial charge in [0.15, 0.2) is 0 Å². The fourth-order valence-corrected chi connectivity index (χ4v) is 3.33. The van der Waals surface area contributed by atoms with Gasteiger partial charge in [-0.1, -0.05) is 12.1 Å². The van der Waals surface area contributed by atoms with Crippen molar-refractivity contribution in [2.75, 3.05) is 6.26 Å². The quantitative estimate of drug-likeness (QED) is 0.744.